The van der Waals surface area contributed by atoms with Gasteiger partial charge in [0.1, 0.15) is 17.0 Å². The van der Waals surface area contributed by atoms with Crippen LogP contribution in [0.2, 0.25) is 0 Å². The van der Waals surface area contributed by atoms with Gasteiger partial charge in [0, 0.05) is 11.3 Å². The average molecular weight is 463 g/mol. The summed E-state index contributed by atoms with van der Waals surface area (Å²) in [7, 11) is 0. The molecule has 0 unspecified atom stereocenters. The van der Waals surface area contributed by atoms with E-state index in [4.69, 9.17) is 8.94 Å². The number of thioether (sulfide) groups is 1. The van der Waals surface area contributed by atoms with Gasteiger partial charge in [-0.3, -0.25) is 0 Å². The van der Waals surface area contributed by atoms with Crippen molar-refractivity contribution in [2.24, 2.45) is 0 Å². The lowest BCUT2D eigenvalue weighted by molar-refractivity contribution is 0.399. The van der Waals surface area contributed by atoms with Crippen molar-refractivity contribution in [3.63, 3.8) is 0 Å². The molecular formula is C22H18N6O2S2. The van der Waals surface area contributed by atoms with Crippen molar-refractivity contribution in [1.82, 2.24) is 25.6 Å². The zero-order valence-electron chi connectivity index (χ0n) is 17.3. The molecule has 160 valence electrons. The van der Waals surface area contributed by atoms with Gasteiger partial charge in [-0.15, -0.1) is 20.4 Å². The molecule has 5 rings (SSSR count). The summed E-state index contributed by atoms with van der Waals surface area (Å²) in [5.41, 5.74) is 4.48. The van der Waals surface area contributed by atoms with Gasteiger partial charge in [-0.25, -0.2) is 0 Å². The minimum atomic E-state index is 0.386. The second kappa shape index (κ2) is 8.93. The standard InChI is InChI=1S/C22H18N6O2S2/c1-13-7-6-10-16(11-13)23-21-26-27-22(32-21)31-12-17-24-25-20(29-17)18-14(2)30-28-19(18)15-8-4-3-5-9-15/h3-11H,12H2,1-2H3,(H,23,26). The Bertz CT molecular complexity index is 1350. The lowest BCUT2D eigenvalue weighted by Crippen LogP contribution is -1.89. The Morgan fingerprint density at radius 2 is 1.84 bits per heavy atom. The van der Waals surface area contributed by atoms with Crippen molar-refractivity contribution < 1.29 is 8.94 Å². The first-order chi connectivity index (χ1) is 15.7. The Hall–Kier alpha value is -3.50. The highest BCUT2D eigenvalue weighted by Gasteiger charge is 2.22. The Morgan fingerprint density at radius 3 is 2.69 bits per heavy atom. The van der Waals surface area contributed by atoms with Crippen LogP contribution in [0.1, 0.15) is 17.2 Å². The van der Waals surface area contributed by atoms with Gasteiger partial charge in [-0.05, 0) is 31.5 Å². The number of aryl methyl sites for hydroxylation is 2. The Morgan fingerprint density at radius 1 is 0.969 bits per heavy atom. The van der Waals surface area contributed by atoms with Gasteiger partial charge in [0.2, 0.25) is 11.0 Å². The number of nitrogens with one attached hydrogen (secondary N) is 1. The number of nitrogens with zero attached hydrogens (tertiary/aromatic N) is 5. The third-order valence-electron chi connectivity index (χ3n) is 4.59. The molecule has 3 heterocycles. The smallest absolute Gasteiger partial charge is 0.253 e. The summed E-state index contributed by atoms with van der Waals surface area (Å²) in [5, 5.41) is 25.0. The van der Waals surface area contributed by atoms with Crippen molar-refractivity contribution in [3.8, 4) is 22.7 Å². The van der Waals surface area contributed by atoms with Crippen LogP contribution in [0.4, 0.5) is 10.8 Å². The van der Waals surface area contributed by atoms with Crippen molar-refractivity contribution in [2.75, 3.05) is 5.32 Å². The molecule has 0 radical (unpaired) electrons. The van der Waals surface area contributed by atoms with Gasteiger partial charge in [0.15, 0.2) is 4.34 Å². The van der Waals surface area contributed by atoms with E-state index in [1.54, 1.807) is 0 Å². The topological polar surface area (TPSA) is 103 Å². The van der Waals surface area contributed by atoms with Crippen LogP contribution in [-0.4, -0.2) is 25.6 Å². The Labute approximate surface area is 192 Å². The van der Waals surface area contributed by atoms with E-state index in [0.29, 0.717) is 34.6 Å². The largest absolute Gasteiger partial charge is 0.420 e. The summed E-state index contributed by atoms with van der Waals surface area (Å²) < 4.78 is 12.1. The quantitative estimate of drug-likeness (QED) is 0.296. The minimum Gasteiger partial charge on any atom is -0.420 e. The highest BCUT2D eigenvalue weighted by atomic mass is 32.2. The normalized spacial score (nSPS) is 11.1. The molecule has 0 saturated heterocycles. The zero-order valence-corrected chi connectivity index (χ0v) is 18.9. The number of rotatable bonds is 7. The third kappa shape index (κ3) is 4.41. The predicted molar refractivity (Wildman–Crippen MR) is 124 cm³/mol. The van der Waals surface area contributed by atoms with Crippen LogP contribution in [0.25, 0.3) is 22.7 Å². The molecule has 1 N–H and O–H groups in total. The molecule has 0 saturated carbocycles. The van der Waals surface area contributed by atoms with Gasteiger partial charge in [-0.1, -0.05) is 70.7 Å². The molecule has 0 aliphatic carbocycles. The summed E-state index contributed by atoms with van der Waals surface area (Å²) >= 11 is 2.97. The first-order valence-electron chi connectivity index (χ1n) is 9.80. The number of hydrogen-bond acceptors (Lipinski definition) is 10. The van der Waals surface area contributed by atoms with Gasteiger partial charge >= 0.3 is 0 Å². The van der Waals surface area contributed by atoms with Gasteiger partial charge < -0.3 is 14.3 Å². The molecule has 0 spiro atoms. The third-order valence-corrected chi connectivity index (χ3v) is 6.54. The van der Waals surface area contributed by atoms with E-state index in [1.807, 2.05) is 49.4 Å². The maximum Gasteiger partial charge on any atom is 0.253 e. The molecule has 32 heavy (non-hydrogen) atoms. The lowest BCUT2D eigenvalue weighted by Gasteiger charge is -2.01. The van der Waals surface area contributed by atoms with Crippen molar-refractivity contribution in [1.29, 1.82) is 0 Å². The van der Waals surface area contributed by atoms with Crippen LogP contribution in [-0.2, 0) is 5.75 Å². The summed E-state index contributed by atoms with van der Waals surface area (Å²) in [5.74, 6) is 1.99. The molecule has 3 aromatic heterocycles. The van der Waals surface area contributed by atoms with Crippen molar-refractivity contribution >= 4 is 33.9 Å². The molecule has 0 aliphatic rings. The molecule has 0 atom stereocenters. The number of hydrogen-bond donors (Lipinski definition) is 1. The molecule has 8 nitrogen and oxygen atoms in total. The van der Waals surface area contributed by atoms with E-state index in [1.165, 1.54) is 28.7 Å². The van der Waals surface area contributed by atoms with Crippen molar-refractivity contribution in [2.45, 2.75) is 23.9 Å². The number of aromatic nitrogens is 5. The maximum atomic E-state index is 5.91. The molecule has 5 aromatic rings. The Kier molecular flexibility index (Phi) is 5.70. The predicted octanol–water partition coefficient (Wildman–Crippen LogP) is 5.90. The monoisotopic (exact) mass is 462 g/mol. The van der Waals surface area contributed by atoms with Crippen LogP contribution in [0.5, 0.6) is 0 Å². The van der Waals surface area contributed by atoms with Crippen LogP contribution in [0.3, 0.4) is 0 Å². The van der Waals surface area contributed by atoms with Crippen LogP contribution in [0, 0.1) is 13.8 Å². The fourth-order valence-electron chi connectivity index (χ4n) is 3.12. The molecule has 2 aromatic carbocycles. The lowest BCUT2D eigenvalue weighted by atomic mass is 10.1. The fourth-order valence-corrected chi connectivity index (χ4v) is 4.73. The summed E-state index contributed by atoms with van der Waals surface area (Å²) in [6.45, 7) is 3.88. The van der Waals surface area contributed by atoms with Crippen LogP contribution in [0.15, 0.2) is 67.9 Å². The zero-order chi connectivity index (χ0) is 21.9. The molecule has 10 heteroatoms. The molecular weight excluding hydrogens is 444 g/mol. The molecule has 0 amide bonds. The van der Waals surface area contributed by atoms with Gasteiger partial charge in [0.05, 0.1) is 5.75 Å². The van der Waals surface area contributed by atoms with Crippen LogP contribution >= 0.6 is 23.1 Å². The number of benzene rings is 2. The second-order valence-electron chi connectivity index (χ2n) is 6.99. The van der Waals surface area contributed by atoms with E-state index in [-0.39, 0.29) is 0 Å². The SMILES string of the molecule is Cc1cccc(Nc2nnc(SCc3nnc(-c4c(-c5ccccc5)noc4C)o3)s2)c1. The second-order valence-corrected chi connectivity index (χ2v) is 9.19. The molecule has 0 fully saturated rings. The first kappa shape index (κ1) is 20.4. The highest BCUT2D eigenvalue weighted by Crippen LogP contribution is 2.35. The van der Waals surface area contributed by atoms with Gasteiger partial charge in [-0.2, -0.15) is 0 Å². The van der Waals surface area contributed by atoms with E-state index in [0.717, 1.165) is 20.7 Å². The molecule has 0 bridgehead atoms. The minimum absolute atomic E-state index is 0.386. The average Bonchev–Trinajstić information content (AvgIpc) is 3.53. The summed E-state index contributed by atoms with van der Waals surface area (Å²) in [6.07, 6.45) is 0. The summed E-state index contributed by atoms with van der Waals surface area (Å²) in [4.78, 5) is 0. The van der Waals surface area contributed by atoms with E-state index >= 15 is 0 Å². The Balaban J connectivity index is 1.27. The maximum absolute atomic E-state index is 5.91. The van der Waals surface area contributed by atoms with Crippen LogP contribution < -0.4 is 5.32 Å². The highest BCUT2D eigenvalue weighted by molar-refractivity contribution is 8.00. The molecule has 0 aliphatic heterocycles. The first-order valence-corrected chi connectivity index (χ1v) is 11.6. The fraction of sp³-hybridized carbons (Fsp3) is 0.136. The van der Waals surface area contributed by atoms with Gasteiger partial charge in [0.25, 0.3) is 5.89 Å². The summed E-state index contributed by atoms with van der Waals surface area (Å²) in [6, 6.07) is 17.9. The van der Waals surface area contributed by atoms with E-state index in [9.17, 15) is 0 Å². The number of anilines is 2. The van der Waals surface area contributed by atoms with Crippen molar-refractivity contribution in [3.05, 3.63) is 71.8 Å². The van der Waals surface area contributed by atoms with E-state index in [2.05, 4.69) is 49.9 Å². The van der Waals surface area contributed by atoms with E-state index < -0.39 is 0 Å².